The second kappa shape index (κ2) is 3.70. The van der Waals surface area contributed by atoms with Gasteiger partial charge in [0.2, 0.25) is 0 Å². The predicted octanol–water partition coefficient (Wildman–Crippen LogP) is 3.65. The highest BCUT2D eigenvalue weighted by atomic mass is 19.1. The summed E-state index contributed by atoms with van der Waals surface area (Å²) in [5, 5.41) is 0. The summed E-state index contributed by atoms with van der Waals surface area (Å²) in [6.45, 7) is 6.28. The first kappa shape index (κ1) is 9.24. The first-order chi connectivity index (χ1) is 5.65. The lowest BCUT2D eigenvalue weighted by molar-refractivity contribution is 0.623. The van der Waals surface area contributed by atoms with Crippen molar-refractivity contribution in [3.63, 3.8) is 0 Å². The summed E-state index contributed by atoms with van der Waals surface area (Å²) >= 11 is 0. The molecule has 1 unspecified atom stereocenters. The fourth-order valence-electron chi connectivity index (χ4n) is 1.41. The van der Waals surface area contributed by atoms with Crippen molar-refractivity contribution in [2.75, 3.05) is 0 Å². The fourth-order valence-corrected chi connectivity index (χ4v) is 1.41. The van der Waals surface area contributed by atoms with E-state index in [0.29, 0.717) is 5.92 Å². The van der Waals surface area contributed by atoms with Crippen LogP contribution in [0.4, 0.5) is 4.39 Å². The molecule has 0 saturated heterocycles. The molecule has 0 nitrogen and oxygen atoms in total. The van der Waals surface area contributed by atoms with Crippen molar-refractivity contribution >= 4 is 0 Å². The average Bonchev–Trinajstić information content (AvgIpc) is 2.03. The minimum Gasteiger partial charge on any atom is -0.207 e. The highest BCUT2D eigenvalue weighted by molar-refractivity contribution is 5.29. The molecular weight excluding hydrogens is 151 g/mol. The molecule has 0 radical (unpaired) electrons. The molecule has 1 aromatic rings. The van der Waals surface area contributed by atoms with Crippen molar-refractivity contribution in [3.8, 4) is 0 Å². The number of benzene rings is 1. The lowest BCUT2D eigenvalue weighted by atomic mass is 9.94. The smallest absolute Gasteiger partial charge is 0.123 e. The van der Waals surface area contributed by atoms with Gasteiger partial charge in [0.15, 0.2) is 0 Å². The third-order valence-electron chi connectivity index (χ3n) is 2.38. The molecule has 0 amide bonds. The maximum Gasteiger partial charge on any atom is 0.123 e. The quantitative estimate of drug-likeness (QED) is 0.629. The molecule has 0 aromatic heterocycles. The number of halogens is 1. The van der Waals surface area contributed by atoms with Crippen molar-refractivity contribution in [1.29, 1.82) is 0 Å². The normalized spacial score (nSPS) is 13.0. The zero-order chi connectivity index (χ0) is 9.14. The largest absolute Gasteiger partial charge is 0.207 e. The van der Waals surface area contributed by atoms with Gasteiger partial charge >= 0.3 is 0 Å². The first-order valence-corrected chi connectivity index (χ1v) is 4.41. The van der Waals surface area contributed by atoms with E-state index in [-0.39, 0.29) is 5.82 Å². The molecule has 1 aromatic carbocycles. The van der Waals surface area contributed by atoms with Crippen LogP contribution in [-0.2, 0) is 0 Å². The van der Waals surface area contributed by atoms with E-state index < -0.39 is 0 Å². The summed E-state index contributed by atoms with van der Waals surface area (Å²) in [5.74, 6) is 0.394. The topological polar surface area (TPSA) is 0 Å². The summed E-state index contributed by atoms with van der Waals surface area (Å²) in [6, 6.07) is 5.02. The van der Waals surface area contributed by atoms with E-state index in [1.165, 1.54) is 11.6 Å². The van der Waals surface area contributed by atoms with Crippen LogP contribution >= 0.6 is 0 Å². The molecular formula is C11H15F. The summed E-state index contributed by atoms with van der Waals surface area (Å²) in [4.78, 5) is 0. The van der Waals surface area contributed by atoms with Crippen LogP contribution in [0.1, 0.15) is 37.3 Å². The third kappa shape index (κ3) is 1.84. The van der Waals surface area contributed by atoms with Gasteiger partial charge in [0.1, 0.15) is 5.82 Å². The molecule has 0 fully saturated rings. The molecule has 0 aliphatic carbocycles. The summed E-state index contributed by atoms with van der Waals surface area (Å²) in [7, 11) is 0. The van der Waals surface area contributed by atoms with Gasteiger partial charge in [-0.3, -0.25) is 0 Å². The van der Waals surface area contributed by atoms with Crippen LogP contribution in [0.25, 0.3) is 0 Å². The first-order valence-electron chi connectivity index (χ1n) is 4.41. The van der Waals surface area contributed by atoms with Crippen molar-refractivity contribution < 1.29 is 4.39 Å². The molecule has 1 heteroatoms. The average molecular weight is 166 g/mol. The Labute approximate surface area is 73.4 Å². The molecule has 0 bridgehead atoms. The van der Waals surface area contributed by atoms with Crippen molar-refractivity contribution in [2.24, 2.45) is 0 Å². The lowest BCUT2D eigenvalue weighted by Gasteiger charge is -2.11. The van der Waals surface area contributed by atoms with Gasteiger partial charge < -0.3 is 0 Å². The van der Waals surface area contributed by atoms with Crippen LogP contribution in [0.5, 0.6) is 0 Å². The number of hydrogen-bond acceptors (Lipinski definition) is 0. The minimum absolute atomic E-state index is 0.139. The van der Waals surface area contributed by atoms with Crippen molar-refractivity contribution in [1.82, 2.24) is 0 Å². The molecule has 0 heterocycles. The van der Waals surface area contributed by atoms with Crippen molar-refractivity contribution in [2.45, 2.75) is 33.1 Å². The molecule has 0 spiro atoms. The second-order valence-electron chi connectivity index (χ2n) is 3.31. The summed E-state index contributed by atoms with van der Waals surface area (Å²) in [5.41, 5.74) is 2.32. The van der Waals surface area contributed by atoms with Crippen LogP contribution in [0, 0.1) is 12.7 Å². The highest BCUT2D eigenvalue weighted by Crippen LogP contribution is 2.22. The molecule has 1 rings (SSSR count). The second-order valence-corrected chi connectivity index (χ2v) is 3.31. The van der Waals surface area contributed by atoms with Crippen LogP contribution in [0.3, 0.4) is 0 Å². The predicted molar refractivity (Wildman–Crippen MR) is 49.8 cm³/mol. The van der Waals surface area contributed by atoms with E-state index in [2.05, 4.69) is 13.8 Å². The van der Waals surface area contributed by atoms with Gasteiger partial charge in [-0.1, -0.05) is 19.9 Å². The molecule has 12 heavy (non-hydrogen) atoms. The Morgan fingerprint density at radius 2 is 2.08 bits per heavy atom. The maximum absolute atomic E-state index is 12.7. The van der Waals surface area contributed by atoms with E-state index in [9.17, 15) is 4.39 Å². The molecule has 0 aliphatic heterocycles. The van der Waals surface area contributed by atoms with Gasteiger partial charge in [0.25, 0.3) is 0 Å². The minimum atomic E-state index is -0.139. The Morgan fingerprint density at radius 3 is 2.58 bits per heavy atom. The van der Waals surface area contributed by atoms with Gasteiger partial charge in [0.05, 0.1) is 0 Å². The zero-order valence-electron chi connectivity index (χ0n) is 7.89. The Bertz CT molecular complexity index is 266. The monoisotopic (exact) mass is 166 g/mol. The van der Waals surface area contributed by atoms with Crippen LogP contribution in [-0.4, -0.2) is 0 Å². The Balaban J connectivity index is 3.01. The number of hydrogen-bond donors (Lipinski definition) is 0. The van der Waals surface area contributed by atoms with Crippen LogP contribution in [0.15, 0.2) is 18.2 Å². The molecule has 0 N–H and O–H groups in total. The highest BCUT2D eigenvalue weighted by Gasteiger charge is 2.05. The van der Waals surface area contributed by atoms with Gasteiger partial charge in [-0.25, -0.2) is 4.39 Å². The SMILES string of the molecule is CCC(C)c1ccc(F)cc1C. The third-order valence-corrected chi connectivity index (χ3v) is 2.38. The summed E-state index contributed by atoms with van der Waals surface area (Å²) < 4.78 is 12.7. The molecule has 1 atom stereocenters. The van der Waals surface area contributed by atoms with E-state index in [0.717, 1.165) is 12.0 Å². The zero-order valence-corrected chi connectivity index (χ0v) is 7.89. The Hall–Kier alpha value is -0.850. The van der Waals surface area contributed by atoms with Gasteiger partial charge in [-0.15, -0.1) is 0 Å². The van der Waals surface area contributed by atoms with E-state index >= 15 is 0 Å². The Kier molecular flexibility index (Phi) is 2.85. The summed E-state index contributed by atoms with van der Waals surface area (Å²) in [6.07, 6.45) is 1.10. The van der Waals surface area contributed by atoms with Crippen molar-refractivity contribution in [3.05, 3.63) is 35.1 Å². The van der Waals surface area contributed by atoms with Gasteiger partial charge in [-0.2, -0.15) is 0 Å². The molecule has 0 saturated carbocycles. The van der Waals surface area contributed by atoms with Crippen LogP contribution < -0.4 is 0 Å². The number of rotatable bonds is 2. The lowest BCUT2D eigenvalue weighted by Crippen LogP contribution is -1.95. The molecule has 0 aliphatic rings. The number of aryl methyl sites for hydroxylation is 1. The van der Waals surface area contributed by atoms with E-state index in [4.69, 9.17) is 0 Å². The van der Waals surface area contributed by atoms with E-state index in [1.54, 1.807) is 6.07 Å². The fraction of sp³-hybridized carbons (Fsp3) is 0.455. The Morgan fingerprint density at radius 1 is 1.42 bits per heavy atom. The molecule has 66 valence electrons. The van der Waals surface area contributed by atoms with E-state index in [1.807, 2.05) is 13.0 Å². The van der Waals surface area contributed by atoms with Gasteiger partial charge in [-0.05, 0) is 42.5 Å². The van der Waals surface area contributed by atoms with Crippen LogP contribution in [0.2, 0.25) is 0 Å². The standard InChI is InChI=1S/C11H15F/c1-4-8(2)11-6-5-10(12)7-9(11)3/h5-8H,4H2,1-3H3. The maximum atomic E-state index is 12.7. The van der Waals surface area contributed by atoms with Gasteiger partial charge in [0, 0.05) is 0 Å².